The summed E-state index contributed by atoms with van der Waals surface area (Å²) in [6.07, 6.45) is 5.14. The van der Waals surface area contributed by atoms with Crippen LogP contribution in [0.5, 0.6) is 0 Å². The number of likely N-dealkylation sites (tertiary alicyclic amines) is 1. The quantitative estimate of drug-likeness (QED) is 0.859. The summed E-state index contributed by atoms with van der Waals surface area (Å²) in [5.74, 6) is 0. The number of rotatable bonds is 6. The van der Waals surface area contributed by atoms with Crippen LogP contribution in [0.2, 0.25) is 0 Å². The van der Waals surface area contributed by atoms with Crippen LogP contribution in [0.1, 0.15) is 43.1 Å². The predicted molar refractivity (Wildman–Crippen MR) is 77.5 cm³/mol. The number of aromatic nitrogens is 2. The zero-order valence-corrected chi connectivity index (χ0v) is 12.5. The van der Waals surface area contributed by atoms with E-state index < -0.39 is 0 Å². The van der Waals surface area contributed by atoms with Crippen LogP contribution in [0.15, 0.2) is 0 Å². The molecule has 1 saturated heterocycles. The SMILES string of the molecule is CCCO[C@@H]1CCCN(CCc2c(C)n[nH]c2C)C1. The van der Waals surface area contributed by atoms with Crippen molar-refractivity contribution >= 4 is 0 Å². The Kier molecular flexibility index (Phi) is 5.40. The summed E-state index contributed by atoms with van der Waals surface area (Å²) >= 11 is 0. The molecule has 2 rings (SSSR count). The second kappa shape index (κ2) is 7.06. The molecule has 0 aliphatic carbocycles. The van der Waals surface area contributed by atoms with E-state index in [4.69, 9.17) is 4.74 Å². The minimum Gasteiger partial charge on any atom is -0.377 e. The van der Waals surface area contributed by atoms with Crippen LogP contribution in [0.3, 0.4) is 0 Å². The van der Waals surface area contributed by atoms with E-state index in [1.807, 2.05) is 0 Å². The summed E-state index contributed by atoms with van der Waals surface area (Å²) in [6, 6.07) is 0. The highest BCUT2D eigenvalue weighted by atomic mass is 16.5. The van der Waals surface area contributed by atoms with Gasteiger partial charge in [-0.15, -0.1) is 0 Å². The van der Waals surface area contributed by atoms with Gasteiger partial charge in [0.25, 0.3) is 0 Å². The summed E-state index contributed by atoms with van der Waals surface area (Å²) in [5, 5.41) is 7.34. The van der Waals surface area contributed by atoms with Gasteiger partial charge in [0.1, 0.15) is 0 Å². The van der Waals surface area contributed by atoms with Crippen molar-refractivity contribution in [3.8, 4) is 0 Å². The van der Waals surface area contributed by atoms with Crippen molar-refractivity contribution in [1.29, 1.82) is 0 Å². The van der Waals surface area contributed by atoms with Crippen LogP contribution in [0.25, 0.3) is 0 Å². The predicted octanol–water partition coefficient (Wildman–Crippen LogP) is 2.46. The third kappa shape index (κ3) is 4.05. The smallest absolute Gasteiger partial charge is 0.0702 e. The zero-order valence-electron chi connectivity index (χ0n) is 12.5. The Hall–Kier alpha value is -0.870. The fraction of sp³-hybridized carbons (Fsp3) is 0.800. The highest BCUT2D eigenvalue weighted by molar-refractivity contribution is 5.23. The third-order valence-electron chi connectivity index (χ3n) is 3.98. The number of ether oxygens (including phenoxy) is 1. The normalized spacial score (nSPS) is 20.9. The number of H-pyrrole nitrogens is 1. The van der Waals surface area contributed by atoms with Gasteiger partial charge < -0.3 is 9.64 Å². The Bertz CT molecular complexity index is 369. The van der Waals surface area contributed by atoms with Crippen molar-refractivity contribution in [3.63, 3.8) is 0 Å². The van der Waals surface area contributed by atoms with E-state index >= 15 is 0 Å². The zero-order chi connectivity index (χ0) is 13.7. The van der Waals surface area contributed by atoms with Gasteiger partial charge in [0.15, 0.2) is 0 Å². The van der Waals surface area contributed by atoms with Gasteiger partial charge in [-0.2, -0.15) is 5.10 Å². The fourth-order valence-corrected chi connectivity index (χ4v) is 2.85. The fourth-order valence-electron chi connectivity index (χ4n) is 2.85. The lowest BCUT2D eigenvalue weighted by Crippen LogP contribution is -2.40. The molecular formula is C15H27N3O. The van der Waals surface area contributed by atoms with E-state index in [0.717, 1.165) is 38.2 Å². The maximum atomic E-state index is 5.89. The summed E-state index contributed by atoms with van der Waals surface area (Å²) < 4.78 is 5.89. The summed E-state index contributed by atoms with van der Waals surface area (Å²) in [4.78, 5) is 2.54. The van der Waals surface area contributed by atoms with E-state index in [2.05, 4.69) is 35.9 Å². The number of aryl methyl sites for hydroxylation is 2. The Labute approximate surface area is 116 Å². The van der Waals surface area contributed by atoms with E-state index in [-0.39, 0.29) is 0 Å². The first-order valence-electron chi connectivity index (χ1n) is 7.55. The molecule has 0 unspecified atom stereocenters. The Morgan fingerprint density at radius 3 is 2.95 bits per heavy atom. The Balaban J connectivity index is 1.79. The molecule has 0 saturated carbocycles. The molecule has 1 aliphatic rings. The minimum absolute atomic E-state index is 0.445. The lowest BCUT2D eigenvalue weighted by Gasteiger charge is -2.32. The maximum absolute atomic E-state index is 5.89. The molecule has 0 amide bonds. The van der Waals surface area contributed by atoms with E-state index in [1.165, 1.54) is 30.6 Å². The molecule has 4 nitrogen and oxygen atoms in total. The van der Waals surface area contributed by atoms with Gasteiger partial charge in [-0.25, -0.2) is 0 Å². The topological polar surface area (TPSA) is 41.1 Å². The lowest BCUT2D eigenvalue weighted by molar-refractivity contribution is 0.000313. The number of hydrogen-bond acceptors (Lipinski definition) is 3. The summed E-state index contributed by atoms with van der Waals surface area (Å²) in [5.41, 5.74) is 3.75. The number of hydrogen-bond donors (Lipinski definition) is 1. The van der Waals surface area contributed by atoms with Crippen LogP contribution in [-0.4, -0.2) is 47.4 Å². The highest BCUT2D eigenvalue weighted by Crippen LogP contribution is 2.16. The Morgan fingerprint density at radius 2 is 2.26 bits per heavy atom. The van der Waals surface area contributed by atoms with Crippen molar-refractivity contribution in [3.05, 3.63) is 17.0 Å². The molecule has 1 aromatic heterocycles. The van der Waals surface area contributed by atoms with Gasteiger partial charge >= 0.3 is 0 Å². The molecule has 0 bridgehead atoms. The van der Waals surface area contributed by atoms with Gasteiger partial charge in [0, 0.05) is 25.4 Å². The molecule has 2 heterocycles. The van der Waals surface area contributed by atoms with E-state index in [0.29, 0.717) is 6.10 Å². The average Bonchev–Trinajstić information content (AvgIpc) is 2.74. The lowest BCUT2D eigenvalue weighted by atomic mass is 10.1. The first-order chi connectivity index (χ1) is 9.20. The van der Waals surface area contributed by atoms with Gasteiger partial charge in [-0.1, -0.05) is 6.92 Å². The molecule has 0 radical (unpaired) electrons. The second-order valence-corrected chi connectivity index (χ2v) is 5.60. The molecule has 1 aromatic rings. The first-order valence-corrected chi connectivity index (χ1v) is 7.55. The van der Waals surface area contributed by atoms with Gasteiger partial charge in [-0.05, 0) is 51.6 Å². The van der Waals surface area contributed by atoms with Crippen LogP contribution < -0.4 is 0 Å². The second-order valence-electron chi connectivity index (χ2n) is 5.60. The van der Waals surface area contributed by atoms with Crippen molar-refractivity contribution < 1.29 is 4.74 Å². The van der Waals surface area contributed by atoms with Gasteiger partial charge in [-0.3, -0.25) is 5.10 Å². The Morgan fingerprint density at radius 1 is 1.42 bits per heavy atom. The number of nitrogens with one attached hydrogen (secondary N) is 1. The van der Waals surface area contributed by atoms with Crippen LogP contribution >= 0.6 is 0 Å². The molecule has 19 heavy (non-hydrogen) atoms. The largest absolute Gasteiger partial charge is 0.377 e. The van der Waals surface area contributed by atoms with E-state index in [9.17, 15) is 0 Å². The van der Waals surface area contributed by atoms with Gasteiger partial charge in [0.05, 0.1) is 11.8 Å². The van der Waals surface area contributed by atoms with Gasteiger partial charge in [0.2, 0.25) is 0 Å². The third-order valence-corrected chi connectivity index (χ3v) is 3.98. The van der Waals surface area contributed by atoms with Crippen molar-refractivity contribution in [2.75, 3.05) is 26.2 Å². The monoisotopic (exact) mass is 265 g/mol. The number of nitrogens with zero attached hydrogens (tertiary/aromatic N) is 2. The van der Waals surface area contributed by atoms with E-state index in [1.54, 1.807) is 0 Å². The highest BCUT2D eigenvalue weighted by Gasteiger charge is 2.20. The minimum atomic E-state index is 0.445. The van der Waals surface area contributed by atoms with Crippen LogP contribution in [0.4, 0.5) is 0 Å². The molecular weight excluding hydrogens is 238 g/mol. The molecule has 1 fully saturated rings. The van der Waals surface area contributed by atoms with Crippen molar-refractivity contribution in [1.82, 2.24) is 15.1 Å². The van der Waals surface area contributed by atoms with Crippen LogP contribution in [-0.2, 0) is 11.2 Å². The molecule has 1 N–H and O–H groups in total. The molecule has 108 valence electrons. The molecule has 1 atom stereocenters. The van der Waals surface area contributed by atoms with Crippen molar-refractivity contribution in [2.45, 2.75) is 52.6 Å². The molecule has 1 aliphatic heterocycles. The molecule has 0 aromatic carbocycles. The summed E-state index contributed by atoms with van der Waals surface area (Å²) in [7, 11) is 0. The number of aromatic amines is 1. The number of piperidine rings is 1. The standard InChI is InChI=1S/C15H27N3O/c1-4-10-19-14-6-5-8-18(11-14)9-7-15-12(2)16-17-13(15)3/h14H,4-11H2,1-3H3,(H,16,17)/t14-/m1/s1. The maximum Gasteiger partial charge on any atom is 0.0702 e. The first kappa shape index (κ1) is 14.5. The molecule has 0 spiro atoms. The average molecular weight is 265 g/mol. The van der Waals surface area contributed by atoms with Crippen LogP contribution in [0, 0.1) is 13.8 Å². The molecule has 4 heteroatoms. The van der Waals surface area contributed by atoms with Crippen molar-refractivity contribution in [2.24, 2.45) is 0 Å². The summed E-state index contributed by atoms with van der Waals surface area (Å²) in [6.45, 7) is 10.7.